The van der Waals surface area contributed by atoms with Gasteiger partial charge in [0, 0.05) is 55.2 Å². The normalized spacial score (nSPS) is 22.5. The lowest BCUT2D eigenvalue weighted by Gasteiger charge is -2.42. The van der Waals surface area contributed by atoms with Crippen LogP contribution in [0.4, 0.5) is 5.69 Å². The van der Waals surface area contributed by atoms with Crippen molar-refractivity contribution in [2.75, 3.05) is 34.4 Å². The van der Waals surface area contributed by atoms with E-state index in [2.05, 4.69) is 34.1 Å². The van der Waals surface area contributed by atoms with Gasteiger partial charge < -0.3 is 19.1 Å². The molecule has 1 amide bonds. The first-order valence-electron chi connectivity index (χ1n) is 11.5. The number of nitriles is 1. The number of hydrogen-bond donors (Lipinski definition) is 0. The Morgan fingerprint density at radius 1 is 1.06 bits per heavy atom. The van der Waals surface area contributed by atoms with Crippen LogP contribution >= 0.6 is 11.9 Å². The van der Waals surface area contributed by atoms with E-state index in [1.165, 1.54) is 25.5 Å². The first-order valence-corrected chi connectivity index (χ1v) is 12.2. The van der Waals surface area contributed by atoms with Crippen molar-refractivity contribution in [1.29, 1.82) is 5.26 Å². The van der Waals surface area contributed by atoms with E-state index in [1.807, 2.05) is 0 Å². The van der Waals surface area contributed by atoms with E-state index < -0.39 is 0 Å². The van der Waals surface area contributed by atoms with Crippen LogP contribution in [0.2, 0.25) is 0 Å². The van der Waals surface area contributed by atoms with E-state index in [0.717, 1.165) is 38.8 Å². The summed E-state index contributed by atoms with van der Waals surface area (Å²) in [7, 11) is 4.63. The number of ether oxygens (including phenoxy) is 3. The molecule has 8 nitrogen and oxygen atoms in total. The van der Waals surface area contributed by atoms with E-state index >= 15 is 0 Å². The molecule has 1 aromatic carbocycles. The zero-order valence-electron chi connectivity index (χ0n) is 20.2. The Bertz CT molecular complexity index is 898. The summed E-state index contributed by atoms with van der Waals surface area (Å²) in [6, 6.07) is 6.08. The highest BCUT2D eigenvalue weighted by atomic mass is 32.2. The van der Waals surface area contributed by atoms with Gasteiger partial charge in [0.1, 0.15) is 6.07 Å². The molecule has 2 heterocycles. The van der Waals surface area contributed by atoms with Crippen molar-refractivity contribution < 1.29 is 19.0 Å². The highest BCUT2D eigenvalue weighted by Gasteiger charge is 2.35. The molecule has 0 aliphatic carbocycles. The largest absolute Gasteiger partial charge is 0.493 e. The minimum absolute atomic E-state index is 0.0730. The average molecular weight is 475 g/mol. The summed E-state index contributed by atoms with van der Waals surface area (Å²) in [6.07, 6.45) is 5.03. The zero-order valence-corrected chi connectivity index (χ0v) is 21.0. The highest BCUT2D eigenvalue weighted by Crippen LogP contribution is 2.36. The van der Waals surface area contributed by atoms with Crippen LogP contribution < -0.4 is 9.47 Å². The van der Waals surface area contributed by atoms with Gasteiger partial charge in [-0.05, 0) is 46.0 Å². The van der Waals surface area contributed by atoms with Crippen molar-refractivity contribution in [2.24, 2.45) is 10.9 Å². The third-order valence-corrected chi connectivity index (χ3v) is 7.50. The number of rotatable bonds is 5. The van der Waals surface area contributed by atoms with E-state index in [9.17, 15) is 10.1 Å². The third kappa shape index (κ3) is 5.92. The Kier molecular flexibility index (Phi) is 8.87. The second-order valence-corrected chi connectivity index (χ2v) is 9.64. The summed E-state index contributed by atoms with van der Waals surface area (Å²) >= 11 is 1.41. The number of methoxy groups -OCH3 is 3. The maximum Gasteiger partial charge on any atom is 0.266 e. The molecule has 3 rings (SSSR count). The van der Waals surface area contributed by atoms with Crippen molar-refractivity contribution in [2.45, 2.75) is 58.0 Å². The monoisotopic (exact) mass is 474 g/mol. The number of likely N-dealkylation sites (tertiary alicyclic amines) is 1. The van der Waals surface area contributed by atoms with Gasteiger partial charge in [0.15, 0.2) is 11.5 Å². The molecule has 2 aliphatic heterocycles. The molecule has 2 saturated heterocycles. The van der Waals surface area contributed by atoms with Crippen LogP contribution in [0.15, 0.2) is 17.1 Å². The molecule has 9 heteroatoms. The second-order valence-electron chi connectivity index (χ2n) is 8.59. The number of nitrogens with zero attached hydrogens (tertiary/aromatic N) is 4. The van der Waals surface area contributed by atoms with Gasteiger partial charge in [-0.3, -0.25) is 4.79 Å². The van der Waals surface area contributed by atoms with Gasteiger partial charge in [0.2, 0.25) is 5.91 Å². The Morgan fingerprint density at radius 3 is 2.21 bits per heavy atom. The minimum Gasteiger partial charge on any atom is -0.493 e. The number of piperidine rings is 2. The smallest absolute Gasteiger partial charge is 0.266 e. The molecule has 2 unspecified atom stereocenters. The molecule has 2 fully saturated rings. The van der Waals surface area contributed by atoms with Crippen molar-refractivity contribution in [3.05, 3.63) is 17.7 Å². The molecule has 33 heavy (non-hydrogen) atoms. The van der Waals surface area contributed by atoms with E-state index in [1.54, 1.807) is 26.4 Å². The van der Waals surface area contributed by atoms with Gasteiger partial charge in [-0.1, -0.05) is 0 Å². The zero-order chi connectivity index (χ0) is 24.0. The van der Waals surface area contributed by atoms with Crippen LogP contribution in [0.25, 0.3) is 0 Å². The molecule has 1 aromatic rings. The number of aliphatic imine (C=N–C) groups is 1. The van der Waals surface area contributed by atoms with Gasteiger partial charge in [0.05, 0.1) is 32.6 Å². The molecule has 2 aliphatic rings. The van der Waals surface area contributed by atoms with Gasteiger partial charge in [0.25, 0.3) is 5.23 Å². The lowest BCUT2D eigenvalue weighted by Crippen LogP contribution is -2.51. The molecule has 2 atom stereocenters. The van der Waals surface area contributed by atoms with Crippen molar-refractivity contribution in [3.63, 3.8) is 0 Å². The number of benzene rings is 1. The van der Waals surface area contributed by atoms with Crippen molar-refractivity contribution in [3.8, 4) is 17.6 Å². The number of carbonyl (C=O) groups excluding carboxylic acids is 1. The van der Waals surface area contributed by atoms with Gasteiger partial charge in [-0.2, -0.15) is 5.26 Å². The number of carbonyl (C=O) groups is 1. The molecular formula is C24H34N4O4S. The van der Waals surface area contributed by atoms with Crippen molar-refractivity contribution in [1.82, 2.24) is 9.21 Å². The predicted molar refractivity (Wildman–Crippen MR) is 130 cm³/mol. The average Bonchev–Trinajstić information content (AvgIpc) is 2.83. The van der Waals surface area contributed by atoms with E-state index in [-0.39, 0.29) is 5.92 Å². The van der Waals surface area contributed by atoms with E-state index in [4.69, 9.17) is 14.2 Å². The highest BCUT2D eigenvalue weighted by molar-refractivity contribution is 8.11. The lowest BCUT2D eigenvalue weighted by molar-refractivity contribution is -0.143. The SMILES string of the molecule is CO/C(=N\c1cc(OC)c(OC)cc1C#N)SN1CCC(C(=O)N2C(C)CCCC2C)CC1. The molecule has 0 spiro atoms. The molecule has 0 N–H and O–H groups in total. The van der Waals surface area contributed by atoms with Crippen LogP contribution in [0.1, 0.15) is 51.5 Å². The molecule has 0 bridgehead atoms. The first kappa shape index (κ1) is 25.2. The summed E-state index contributed by atoms with van der Waals surface area (Å²) in [5.74, 6) is 1.35. The van der Waals surface area contributed by atoms with Crippen LogP contribution in [-0.2, 0) is 9.53 Å². The minimum atomic E-state index is 0.0730. The van der Waals surface area contributed by atoms with Gasteiger partial charge in [-0.25, -0.2) is 9.30 Å². The summed E-state index contributed by atoms with van der Waals surface area (Å²) in [5, 5.41) is 9.96. The van der Waals surface area contributed by atoms with E-state index in [0.29, 0.717) is 46.0 Å². The fourth-order valence-electron chi connectivity index (χ4n) is 4.62. The second kappa shape index (κ2) is 11.6. The first-order chi connectivity index (χ1) is 15.9. The van der Waals surface area contributed by atoms with Gasteiger partial charge in [-0.15, -0.1) is 0 Å². The number of hydrogen-bond acceptors (Lipinski definition) is 8. The maximum atomic E-state index is 13.2. The molecule has 0 aromatic heterocycles. The predicted octanol–water partition coefficient (Wildman–Crippen LogP) is 4.36. The van der Waals surface area contributed by atoms with Crippen molar-refractivity contribution >= 4 is 28.8 Å². The Morgan fingerprint density at radius 2 is 1.67 bits per heavy atom. The summed E-state index contributed by atoms with van der Waals surface area (Å²) in [6.45, 7) is 5.89. The Hall–Kier alpha value is -2.44. The number of amides is 1. The molecule has 0 saturated carbocycles. The summed E-state index contributed by atoms with van der Waals surface area (Å²) < 4.78 is 18.3. The molecule has 180 valence electrons. The summed E-state index contributed by atoms with van der Waals surface area (Å²) in [5.41, 5.74) is 0.828. The van der Waals surface area contributed by atoms with Crippen LogP contribution in [-0.4, -0.2) is 66.8 Å². The topological polar surface area (TPSA) is 87.4 Å². The standard InChI is InChI=1S/C24H34N4O4S/c1-16-7-6-8-17(2)28(16)23(29)18-9-11-27(12-10-18)33-24(32-5)26-20-14-22(31-4)21(30-3)13-19(20)15-25/h13-14,16-18H,6-12H2,1-5H3/b26-24+. The fraction of sp³-hybridized carbons (Fsp3) is 0.625. The maximum absolute atomic E-state index is 13.2. The van der Waals surface area contributed by atoms with Crippen LogP contribution in [0, 0.1) is 17.2 Å². The van der Waals surface area contributed by atoms with Gasteiger partial charge >= 0.3 is 0 Å². The Labute approximate surface area is 201 Å². The summed E-state index contributed by atoms with van der Waals surface area (Å²) in [4.78, 5) is 19.9. The molecule has 0 radical (unpaired) electrons. The molecular weight excluding hydrogens is 440 g/mol. The third-order valence-electron chi connectivity index (χ3n) is 6.47. The van der Waals surface area contributed by atoms with Crippen LogP contribution in [0.5, 0.6) is 11.5 Å². The van der Waals surface area contributed by atoms with Crippen LogP contribution in [0.3, 0.4) is 0 Å². The fourth-order valence-corrected chi connectivity index (χ4v) is 5.45. The lowest BCUT2D eigenvalue weighted by atomic mass is 9.91. The quantitative estimate of drug-likeness (QED) is 0.356. The Balaban J connectivity index is 1.65.